The fourth-order valence-electron chi connectivity index (χ4n) is 1.62. The molecule has 2 rings (SSSR count). The van der Waals surface area contributed by atoms with E-state index in [-0.39, 0.29) is 24.7 Å². The number of aromatic nitrogens is 2. The third-order valence-corrected chi connectivity index (χ3v) is 4.36. The minimum Gasteiger partial charge on any atom is -0.378 e. The summed E-state index contributed by atoms with van der Waals surface area (Å²) in [5.41, 5.74) is 5.16. The number of morpholine rings is 1. The lowest BCUT2D eigenvalue weighted by Gasteiger charge is -2.31. The molecule has 1 amide bonds. The summed E-state index contributed by atoms with van der Waals surface area (Å²) in [4.78, 5) is 11.2. The van der Waals surface area contributed by atoms with Crippen molar-refractivity contribution in [3.8, 4) is 0 Å². The summed E-state index contributed by atoms with van der Waals surface area (Å²) in [6.07, 6.45) is 2.44. The highest BCUT2D eigenvalue weighted by molar-refractivity contribution is 7.89. The first-order valence-corrected chi connectivity index (χ1v) is 6.35. The van der Waals surface area contributed by atoms with Crippen LogP contribution in [0.15, 0.2) is 17.3 Å². The van der Waals surface area contributed by atoms with E-state index in [9.17, 15) is 13.2 Å². The molecule has 1 atom stereocenters. The van der Waals surface area contributed by atoms with Gasteiger partial charge in [-0.2, -0.15) is 9.40 Å². The van der Waals surface area contributed by atoms with E-state index in [0.29, 0.717) is 0 Å². The summed E-state index contributed by atoms with van der Waals surface area (Å²) in [6.45, 7) is 0.314. The molecule has 0 saturated carbocycles. The maximum absolute atomic E-state index is 12.2. The largest absolute Gasteiger partial charge is 0.378 e. The Kier molecular flexibility index (Phi) is 3.13. The van der Waals surface area contributed by atoms with Crippen LogP contribution < -0.4 is 5.73 Å². The molecule has 1 aliphatic rings. The molecule has 9 heteroatoms. The summed E-state index contributed by atoms with van der Waals surface area (Å²) in [7, 11) is -3.75. The van der Waals surface area contributed by atoms with Crippen molar-refractivity contribution in [1.82, 2.24) is 14.5 Å². The normalized spacial score (nSPS) is 22.5. The van der Waals surface area contributed by atoms with Crippen LogP contribution in [-0.2, 0) is 19.6 Å². The quantitative estimate of drug-likeness (QED) is 0.670. The van der Waals surface area contributed by atoms with E-state index in [0.717, 1.165) is 4.31 Å². The maximum atomic E-state index is 12.2. The van der Waals surface area contributed by atoms with Gasteiger partial charge in [0.25, 0.3) is 0 Å². The molecule has 1 aliphatic heterocycles. The number of amides is 1. The first kappa shape index (κ1) is 12.0. The Bertz CT molecular complexity index is 498. The van der Waals surface area contributed by atoms with Gasteiger partial charge in [-0.15, -0.1) is 0 Å². The SMILES string of the molecule is NC(=O)C1COCCN1S(=O)(=O)c1cn[nH]c1. The molecule has 17 heavy (non-hydrogen) atoms. The topological polar surface area (TPSA) is 118 Å². The number of rotatable bonds is 3. The number of H-pyrrole nitrogens is 1. The zero-order valence-electron chi connectivity index (χ0n) is 8.87. The van der Waals surface area contributed by atoms with Gasteiger partial charge in [0, 0.05) is 12.7 Å². The summed E-state index contributed by atoms with van der Waals surface area (Å²) >= 11 is 0. The van der Waals surface area contributed by atoms with E-state index in [2.05, 4.69) is 10.2 Å². The van der Waals surface area contributed by atoms with Crippen LogP contribution in [0.2, 0.25) is 0 Å². The number of hydrogen-bond acceptors (Lipinski definition) is 5. The van der Waals surface area contributed by atoms with E-state index < -0.39 is 22.0 Å². The van der Waals surface area contributed by atoms with Crippen LogP contribution in [0.25, 0.3) is 0 Å². The molecule has 2 heterocycles. The predicted molar refractivity (Wildman–Crippen MR) is 56.3 cm³/mol. The fourth-order valence-corrected chi connectivity index (χ4v) is 3.09. The lowest BCUT2D eigenvalue weighted by atomic mass is 10.3. The van der Waals surface area contributed by atoms with Gasteiger partial charge in [-0.1, -0.05) is 0 Å². The number of hydrogen-bond donors (Lipinski definition) is 2. The minimum atomic E-state index is -3.75. The van der Waals surface area contributed by atoms with Crippen molar-refractivity contribution in [3.05, 3.63) is 12.4 Å². The Morgan fingerprint density at radius 3 is 3.00 bits per heavy atom. The summed E-state index contributed by atoms with van der Waals surface area (Å²) < 4.78 is 30.4. The van der Waals surface area contributed by atoms with Crippen LogP contribution in [0.4, 0.5) is 0 Å². The van der Waals surface area contributed by atoms with Crippen LogP contribution in [0.3, 0.4) is 0 Å². The Balaban J connectivity index is 2.34. The molecule has 3 N–H and O–H groups in total. The van der Waals surface area contributed by atoms with Gasteiger partial charge in [0.15, 0.2) is 0 Å². The molecule has 0 aliphatic carbocycles. The molecular formula is C8H12N4O4S. The summed E-state index contributed by atoms with van der Waals surface area (Å²) in [5, 5.41) is 5.99. The van der Waals surface area contributed by atoms with Crippen molar-refractivity contribution in [3.63, 3.8) is 0 Å². The molecule has 1 aromatic heterocycles. The first-order valence-electron chi connectivity index (χ1n) is 4.91. The van der Waals surface area contributed by atoms with Crippen molar-refractivity contribution in [1.29, 1.82) is 0 Å². The number of nitrogens with one attached hydrogen (secondary N) is 1. The van der Waals surface area contributed by atoms with Crippen LogP contribution in [0, 0.1) is 0 Å². The predicted octanol–water partition coefficient (Wildman–Crippen LogP) is -1.72. The maximum Gasteiger partial charge on any atom is 0.247 e. The van der Waals surface area contributed by atoms with Gasteiger partial charge < -0.3 is 10.5 Å². The zero-order chi connectivity index (χ0) is 12.5. The Morgan fingerprint density at radius 1 is 1.65 bits per heavy atom. The second-order valence-corrected chi connectivity index (χ2v) is 5.43. The number of nitrogens with two attached hydrogens (primary N) is 1. The van der Waals surface area contributed by atoms with E-state index in [1.807, 2.05) is 0 Å². The van der Waals surface area contributed by atoms with Gasteiger partial charge in [-0.25, -0.2) is 8.42 Å². The molecular weight excluding hydrogens is 248 g/mol. The highest BCUT2D eigenvalue weighted by atomic mass is 32.2. The van der Waals surface area contributed by atoms with Crippen LogP contribution in [0.1, 0.15) is 0 Å². The van der Waals surface area contributed by atoms with E-state index in [1.165, 1.54) is 12.4 Å². The van der Waals surface area contributed by atoms with Crippen molar-refractivity contribution in [2.24, 2.45) is 5.73 Å². The summed E-state index contributed by atoms with van der Waals surface area (Å²) in [6, 6.07) is -0.969. The lowest BCUT2D eigenvalue weighted by Crippen LogP contribution is -2.54. The van der Waals surface area contributed by atoms with Crippen molar-refractivity contribution >= 4 is 15.9 Å². The molecule has 1 unspecified atom stereocenters. The third kappa shape index (κ3) is 2.16. The summed E-state index contributed by atoms with van der Waals surface area (Å²) in [5.74, 6) is -0.725. The number of ether oxygens (including phenoxy) is 1. The van der Waals surface area contributed by atoms with Gasteiger partial charge in [0.2, 0.25) is 15.9 Å². The van der Waals surface area contributed by atoms with Gasteiger partial charge in [-0.05, 0) is 0 Å². The zero-order valence-corrected chi connectivity index (χ0v) is 9.68. The van der Waals surface area contributed by atoms with Crippen LogP contribution in [-0.4, -0.2) is 54.6 Å². The van der Waals surface area contributed by atoms with E-state index in [1.54, 1.807) is 0 Å². The molecule has 0 radical (unpaired) electrons. The number of nitrogens with zero attached hydrogens (tertiary/aromatic N) is 2. The molecule has 1 aromatic rings. The molecule has 1 saturated heterocycles. The first-order chi connectivity index (χ1) is 8.03. The number of carbonyl (C=O) groups is 1. The van der Waals surface area contributed by atoms with E-state index >= 15 is 0 Å². The minimum absolute atomic E-state index is 0.00523. The van der Waals surface area contributed by atoms with Crippen molar-refractivity contribution in [2.75, 3.05) is 19.8 Å². The smallest absolute Gasteiger partial charge is 0.247 e. The molecule has 0 aromatic carbocycles. The lowest BCUT2D eigenvalue weighted by molar-refractivity contribution is -0.125. The number of sulfonamides is 1. The second kappa shape index (κ2) is 4.43. The standard InChI is InChI=1S/C8H12N4O4S/c9-8(13)7-5-16-2-1-12(7)17(14,15)6-3-10-11-4-6/h3-4,7H,1-2,5H2,(H2,9,13)(H,10,11). The molecule has 0 bridgehead atoms. The highest BCUT2D eigenvalue weighted by Crippen LogP contribution is 2.19. The Morgan fingerprint density at radius 2 is 2.41 bits per heavy atom. The monoisotopic (exact) mass is 260 g/mol. The molecule has 8 nitrogen and oxygen atoms in total. The molecule has 94 valence electrons. The van der Waals surface area contributed by atoms with Gasteiger partial charge in [-0.3, -0.25) is 9.89 Å². The molecule has 1 fully saturated rings. The Hall–Kier alpha value is -1.45. The highest BCUT2D eigenvalue weighted by Gasteiger charge is 2.37. The van der Waals surface area contributed by atoms with Crippen molar-refractivity contribution < 1.29 is 17.9 Å². The van der Waals surface area contributed by atoms with Crippen molar-refractivity contribution in [2.45, 2.75) is 10.9 Å². The number of carbonyl (C=O) groups excluding carboxylic acids is 1. The third-order valence-electron chi connectivity index (χ3n) is 2.49. The van der Waals surface area contributed by atoms with Gasteiger partial charge in [0.1, 0.15) is 10.9 Å². The van der Waals surface area contributed by atoms with Crippen LogP contribution >= 0.6 is 0 Å². The van der Waals surface area contributed by atoms with Gasteiger partial charge >= 0.3 is 0 Å². The van der Waals surface area contributed by atoms with Gasteiger partial charge in [0.05, 0.1) is 19.4 Å². The number of aromatic amines is 1. The average Bonchev–Trinajstić information content (AvgIpc) is 2.83. The molecule has 0 spiro atoms. The van der Waals surface area contributed by atoms with E-state index in [4.69, 9.17) is 10.5 Å². The average molecular weight is 260 g/mol. The van der Waals surface area contributed by atoms with Crippen LogP contribution in [0.5, 0.6) is 0 Å². The fraction of sp³-hybridized carbons (Fsp3) is 0.500. The second-order valence-electron chi connectivity index (χ2n) is 3.54. The Labute approximate surface area is 97.8 Å². The number of primary amides is 1.